The van der Waals surface area contributed by atoms with Crippen LogP contribution in [-0.2, 0) is 6.54 Å². The highest BCUT2D eigenvalue weighted by molar-refractivity contribution is 9.11. The van der Waals surface area contributed by atoms with E-state index in [1.165, 1.54) is 6.20 Å². The summed E-state index contributed by atoms with van der Waals surface area (Å²) in [5, 5.41) is 2.72. The van der Waals surface area contributed by atoms with E-state index in [1.54, 1.807) is 6.07 Å². The summed E-state index contributed by atoms with van der Waals surface area (Å²) >= 11 is 9.82. The molecule has 0 atom stereocenters. The first kappa shape index (κ1) is 14.7. The first-order chi connectivity index (χ1) is 9.01. The molecule has 100 valence electrons. The quantitative estimate of drug-likeness (QED) is 0.769. The monoisotopic (exact) mass is 450 g/mol. The Kier molecular flexibility index (Phi) is 4.75. The van der Waals surface area contributed by atoms with Gasteiger partial charge in [-0.1, -0.05) is 0 Å². The van der Waals surface area contributed by atoms with Crippen LogP contribution in [0.25, 0.3) is 0 Å². The molecule has 2 aromatic heterocycles. The molecule has 0 bridgehead atoms. The third kappa shape index (κ3) is 3.43. The van der Waals surface area contributed by atoms with Gasteiger partial charge in [0, 0.05) is 17.2 Å². The highest BCUT2D eigenvalue weighted by Gasteiger charge is 2.15. The number of amides is 1. The van der Waals surface area contributed by atoms with E-state index in [1.807, 2.05) is 17.7 Å². The van der Waals surface area contributed by atoms with E-state index >= 15 is 0 Å². The maximum absolute atomic E-state index is 12.2. The lowest BCUT2D eigenvalue weighted by Crippen LogP contribution is -2.17. The number of nitrogens with zero attached hydrogens (tertiary/aromatic N) is 3. The summed E-state index contributed by atoms with van der Waals surface area (Å²) in [6, 6.07) is 1.76. The molecule has 2 heterocycles. The minimum absolute atomic E-state index is 0.232. The minimum Gasteiger partial charge on any atom is -0.343 e. The van der Waals surface area contributed by atoms with Crippen molar-refractivity contribution in [1.29, 1.82) is 0 Å². The van der Waals surface area contributed by atoms with Crippen LogP contribution in [0.3, 0.4) is 0 Å². The highest BCUT2D eigenvalue weighted by Crippen LogP contribution is 2.21. The van der Waals surface area contributed by atoms with E-state index in [0.29, 0.717) is 27.3 Å². The van der Waals surface area contributed by atoms with Gasteiger partial charge in [-0.15, -0.1) is 0 Å². The molecule has 0 saturated carbocycles. The van der Waals surface area contributed by atoms with Crippen molar-refractivity contribution in [1.82, 2.24) is 14.5 Å². The standard InChI is InChI=1S/C11H9Br3N4O/c1-2-18-5-6(12)3-7(18)11(19)17-10-9(14)16-8(13)4-15-10/h3-5H,2H2,1H3,(H,15,17,19). The third-order valence-electron chi connectivity index (χ3n) is 2.37. The second kappa shape index (κ2) is 6.15. The summed E-state index contributed by atoms with van der Waals surface area (Å²) in [5.41, 5.74) is 0.561. The number of nitrogens with one attached hydrogen (secondary N) is 1. The van der Waals surface area contributed by atoms with Crippen LogP contribution >= 0.6 is 47.8 Å². The molecule has 1 N–H and O–H groups in total. The molecule has 0 spiro atoms. The highest BCUT2D eigenvalue weighted by atomic mass is 79.9. The van der Waals surface area contributed by atoms with Crippen molar-refractivity contribution in [2.75, 3.05) is 5.32 Å². The van der Waals surface area contributed by atoms with E-state index in [4.69, 9.17) is 0 Å². The first-order valence-electron chi connectivity index (χ1n) is 5.36. The van der Waals surface area contributed by atoms with Crippen molar-refractivity contribution in [3.8, 4) is 0 Å². The van der Waals surface area contributed by atoms with Crippen LogP contribution in [-0.4, -0.2) is 20.4 Å². The van der Waals surface area contributed by atoms with Crippen molar-refractivity contribution in [3.05, 3.63) is 37.8 Å². The first-order valence-corrected chi connectivity index (χ1v) is 7.74. The Bertz CT molecular complexity index is 626. The molecule has 0 fully saturated rings. The molecular formula is C11H9Br3N4O. The SMILES string of the molecule is CCn1cc(Br)cc1C(=O)Nc1ncc(Br)nc1Br. The molecule has 0 aliphatic heterocycles. The van der Waals surface area contributed by atoms with Crippen LogP contribution in [0.2, 0.25) is 0 Å². The molecule has 0 unspecified atom stereocenters. The predicted molar refractivity (Wildman–Crippen MR) is 83.2 cm³/mol. The summed E-state index contributed by atoms with van der Waals surface area (Å²) in [6.07, 6.45) is 3.38. The van der Waals surface area contributed by atoms with Gasteiger partial charge in [0.05, 0.1) is 6.20 Å². The summed E-state index contributed by atoms with van der Waals surface area (Å²) in [6.45, 7) is 2.68. The summed E-state index contributed by atoms with van der Waals surface area (Å²) < 4.78 is 3.78. The van der Waals surface area contributed by atoms with Crippen LogP contribution in [0.4, 0.5) is 5.82 Å². The van der Waals surface area contributed by atoms with E-state index in [-0.39, 0.29) is 5.91 Å². The molecule has 5 nitrogen and oxygen atoms in total. The summed E-state index contributed by atoms with van der Waals surface area (Å²) in [4.78, 5) is 20.4. The second-order valence-electron chi connectivity index (χ2n) is 3.62. The molecule has 2 aromatic rings. The molecule has 8 heteroatoms. The fourth-order valence-electron chi connectivity index (χ4n) is 1.53. The van der Waals surface area contributed by atoms with Gasteiger partial charge in [0.25, 0.3) is 5.91 Å². The maximum Gasteiger partial charge on any atom is 0.273 e. The Labute approximate surface area is 135 Å². The van der Waals surface area contributed by atoms with E-state index < -0.39 is 0 Å². The third-order valence-corrected chi connectivity index (χ3v) is 3.74. The number of aryl methyl sites for hydroxylation is 1. The number of hydrogen-bond acceptors (Lipinski definition) is 3. The lowest BCUT2D eigenvalue weighted by atomic mass is 10.4. The maximum atomic E-state index is 12.2. The predicted octanol–water partition coefficient (Wildman–Crippen LogP) is 3.84. The Morgan fingerprint density at radius 3 is 2.79 bits per heavy atom. The summed E-state index contributed by atoms with van der Waals surface area (Å²) in [7, 11) is 0. The normalized spacial score (nSPS) is 10.5. The smallest absolute Gasteiger partial charge is 0.273 e. The van der Waals surface area contributed by atoms with Gasteiger partial charge in [-0.3, -0.25) is 4.79 Å². The van der Waals surface area contributed by atoms with Gasteiger partial charge in [-0.05, 0) is 60.8 Å². The zero-order valence-electron chi connectivity index (χ0n) is 9.82. The number of aromatic nitrogens is 3. The van der Waals surface area contributed by atoms with Crippen LogP contribution in [0.1, 0.15) is 17.4 Å². The molecular weight excluding hydrogens is 444 g/mol. The fraction of sp³-hybridized carbons (Fsp3) is 0.182. The zero-order chi connectivity index (χ0) is 14.0. The lowest BCUT2D eigenvalue weighted by molar-refractivity contribution is 0.101. The van der Waals surface area contributed by atoms with Gasteiger partial charge >= 0.3 is 0 Å². The van der Waals surface area contributed by atoms with Crippen molar-refractivity contribution in [3.63, 3.8) is 0 Å². The molecule has 0 aromatic carbocycles. The molecule has 0 radical (unpaired) electrons. The Hall–Kier alpha value is -0.730. The molecule has 0 saturated heterocycles. The topological polar surface area (TPSA) is 59.8 Å². The number of anilines is 1. The average molecular weight is 453 g/mol. The Morgan fingerprint density at radius 2 is 2.16 bits per heavy atom. The number of rotatable bonds is 3. The van der Waals surface area contributed by atoms with E-state index in [0.717, 1.165) is 4.47 Å². The minimum atomic E-state index is -0.232. The van der Waals surface area contributed by atoms with Gasteiger partial charge in [-0.25, -0.2) is 9.97 Å². The van der Waals surface area contributed by atoms with Gasteiger partial charge in [0.2, 0.25) is 0 Å². The van der Waals surface area contributed by atoms with E-state index in [9.17, 15) is 4.79 Å². The number of halogens is 3. The van der Waals surface area contributed by atoms with Crippen molar-refractivity contribution >= 4 is 59.5 Å². The van der Waals surface area contributed by atoms with Crippen LogP contribution < -0.4 is 5.32 Å². The van der Waals surface area contributed by atoms with Gasteiger partial charge in [-0.2, -0.15) is 0 Å². The Morgan fingerprint density at radius 1 is 1.42 bits per heavy atom. The largest absolute Gasteiger partial charge is 0.343 e. The Balaban J connectivity index is 2.25. The number of hydrogen-bond donors (Lipinski definition) is 1. The molecule has 0 aliphatic carbocycles. The van der Waals surface area contributed by atoms with Gasteiger partial charge < -0.3 is 9.88 Å². The van der Waals surface area contributed by atoms with Crippen LogP contribution in [0.5, 0.6) is 0 Å². The fourth-order valence-corrected chi connectivity index (χ4v) is 2.90. The van der Waals surface area contributed by atoms with Crippen LogP contribution in [0, 0.1) is 0 Å². The average Bonchev–Trinajstić information content (AvgIpc) is 2.74. The van der Waals surface area contributed by atoms with Gasteiger partial charge in [0.15, 0.2) is 5.82 Å². The molecule has 19 heavy (non-hydrogen) atoms. The lowest BCUT2D eigenvalue weighted by Gasteiger charge is -2.08. The van der Waals surface area contributed by atoms with E-state index in [2.05, 4.69) is 63.1 Å². The number of carbonyl (C=O) groups is 1. The number of carbonyl (C=O) groups excluding carboxylic acids is 1. The second-order valence-corrected chi connectivity index (χ2v) is 6.10. The van der Waals surface area contributed by atoms with Gasteiger partial charge in [0.1, 0.15) is 14.9 Å². The van der Waals surface area contributed by atoms with Crippen molar-refractivity contribution < 1.29 is 4.79 Å². The molecule has 0 aliphatic rings. The zero-order valence-corrected chi connectivity index (χ0v) is 14.6. The summed E-state index contributed by atoms with van der Waals surface area (Å²) in [5.74, 6) is 0.151. The molecule has 2 rings (SSSR count). The van der Waals surface area contributed by atoms with Crippen molar-refractivity contribution in [2.24, 2.45) is 0 Å². The van der Waals surface area contributed by atoms with Crippen LogP contribution in [0.15, 0.2) is 32.1 Å². The van der Waals surface area contributed by atoms with Crippen molar-refractivity contribution in [2.45, 2.75) is 13.5 Å². The molecule has 1 amide bonds.